The molecule has 0 bridgehead atoms. The molecule has 0 saturated heterocycles. The van der Waals surface area contributed by atoms with E-state index in [0.717, 1.165) is 12.1 Å². The molecule has 1 amide bonds. The van der Waals surface area contributed by atoms with Crippen LogP contribution in [-0.4, -0.2) is 38.0 Å². The maximum atomic E-state index is 12.0. The number of nitrogens with one attached hydrogen (secondary N) is 2. The van der Waals surface area contributed by atoms with Gasteiger partial charge in [0.1, 0.15) is 11.6 Å². The predicted octanol–water partition coefficient (Wildman–Crippen LogP) is 1.42. The molecular weight excluding hydrogens is 264 g/mol. The second kappa shape index (κ2) is 8.77. The molecule has 2 N–H and O–H groups in total. The molecule has 0 fully saturated rings. The molecule has 0 aliphatic carbocycles. The molecule has 5 nitrogen and oxygen atoms in total. The lowest BCUT2D eigenvalue weighted by atomic mass is 10.1. The Morgan fingerprint density at radius 2 is 2.05 bits per heavy atom. The third kappa shape index (κ3) is 6.11. The van der Waals surface area contributed by atoms with Gasteiger partial charge in [0.05, 0.1) is 6.04 Å². The largest absolute Gasteiger partial charge is 0.388 e. The lowest BCUT2D eigenvalue weighted by Gasteiger charge is -2.14. The van der Waals surface area contributed by atoms with Gasteiger partial charge in [-0.1, -0.05) is 30.3 Å². The highest BCUT2D eigenvalue weighted by molar-refractivity contribution is 5.97. The zero-order valence-corrected chi connectivity index (χ0v) is 12.8. The Balaban J connectivity index is 2.55. The van der Waals surface area contributed by atoms with Gasteiger partial charge < -0.3 is 15.5 Å². The van der Waals surface area contributed by atoms with Crippen molar-refractivity contribution < 1.29 is 4.79 Å². The average molecular weight is 286 g/mol. The molecule has 0 spiro atoms. The van der Waals surface area contributed by atoms with Gasteiger partial charge >= 0.3 is 0 Å². The molecule has 1 unspecified atom stereocenters. The van der Waals surface area contributed by atoms with Crippen LogP contribution in [0.1, 0.15) is 18.5 Å². The fraction of sp³-hybridized carbons (Fsp3) is 0.375. The lowest BCUT2D eigenvalue weighted by Crippen LogP contribution is -2.29. The summed E-state index contributed by atoms with van der Waals surface area (Å²) in [7, 11) is 3.93. The summed E-state index contributed by atoms with van der Waals surface area (Å²) >= 11 is 0. The normalized spacial score (nSPS) is 12.6. The predicted molar refractivity (Wildman–Crippen MR) is 83.3 cm³/mol. The van der Waals surface area contributed by atoms with Crippen molar-refractivity contribution in [1.82, 2.24) is 15.5 Å². The number of benzene rings is 1. The van der Waals surface area contributed by atoms with Crippen molar-refractivity contribution in [3.63, 3.8) is 0 Å². The summed E-state index contributed by atoms with van der Waals surface area (Å²) in [6.45, 7) is 3.40. The monoisotopic (exact) mass is 286 g/mol. The van der Waals surface area contributed by atoms with E-state index in [1.165, 1.54) is 6.20 Å². The smallest absolute Gasteiger partial charge is 0.263 e. The van der Waals surface area contributed by atoms with Crippen LogP contribution in [0.3, 0.4) is 0 Å². The van der Waals surface area contributed by atoms with E-state index in [9.17, 15) is 4.79 Å². The number of carbonyl (C=O) groups is 1. The summed E-state index contributed by atoms with van der Waals surface area (Å²) in [5.41, 5.74) is 1.08. The van der Waals surface area contributed by atoms with E-state index in [-0.39, 0.29) is 17.5 Å². The van der Waals surface area contributed by atoms with Gasteiger partial charge in [-0.25, -0.2) is 0 Å². The molecule has 112 valence electrons. The van der Waals surface area contributed by atoms with Gasteiger partial charge in [0.2, 0.25) is 0 Å². The summed E-state index contributed by atoms with van der Waals surface area (Å²) < 4.78 is 0. The van der Waals surface area contributed by atoms with Crippen LogP contribution in [0, 0.1) is 11.3 Å². The molecule has 0 aromatic heterocycles. The number of hydrogen-bond donors (Lipinski definition) is 2. The van der Waals surface area contributed by atoms with Gasteiger partial charge in [-0.3, -0.25) is 4.79 Å². The number of nitriles is 1. The van der Waals surface area contributed by atoms with Crippen LogP contribution in [0.5, 0.6) is 0 Å². The highest BCUT2D eigenvalue weighted by atomic mass is 16.1. The van der Waals surface area contributed by atoms with Gasteiger partial charge in [0.25, 0.3) is 5.91 Å². The van der Waals surface area contributed by atoms with Crippen LogP contribution in [0.25, 0.3) is 0 Å². The maximum absolute atomic E-state index is 12.0. The molecule has 0 radical (unpaired) electrons. The van der Waals surface area contributed by atoms with E-state index in [0.29, 0.717) is 6.54 Å². The first-order valence-electron chi connectivity index (χ1n) is 6.88. The van der Waals surface area contributed by atoms with Gasteiger partial charge in [0.15, 0.2) is 0 Å². The quantitative estimate of drug-likeness (QED) is 0.452. The summed E-state index contributed by atoms with van der Waals surface area (Å²) in [5.74, 6) is -0.369. The average Bonchev–Trinajstić information content (AvgIpc) is 2.47. The number of nitrogens with zero attached hydrogens (tertiary/aromatic N) is 2. The number of amides is 1. The first-order chi connectivity index (χ1) is 10.0. The maximum Gasteiger partial charge on any atom is 0.263 e. The van der Waals surface area contributed by atoms with Crippen LogP contribution >= 0.6 is 0 Å². The van der Waals surface area contributed by atoms with Gasteiger partial charge in [0, 0.05) is 19.3 Å². The highest BCUT2D eigenvalue weighted by Crippen LogP contribution is 2.11. The number of likely N-dealkylation sites (N-methyl/N-ethyl adjacent to an activating group) is 1. The number of carbonyl (C=O) groups excluding carboxylic acids is 1. The Hall–Kier alpha value is -2.32. The van der Waals surface area contributed by atoms with E-state index >= 15 is 0 Å². The molecule has 0 aliphatic rings. The van der Waals surface area contributed by atoms with Crippen molar-refractivity contribution in [1.29, 1.82) is 5.26 Å². The van der Waals surface area contributed by atoms with Gasteiger partial charge in [-0.05, 0) is 26.6 Å². The van der Waals surface area contributed by atoms with Crippen molar-refractivity contribution in [3.05, 3.63) is 47.7 Å². The third-order valence-electron chi connectivity index (χ3n) is 2.96. The number of rotatable bonds is 7. The molecule has 1 atom stereocenters. The summed E-state index contributed by atoms with van der Waals surface area (Å²) in [6, 6.07) is 11.4. The summed E-state index contributed by atoms with van der Waals surface area (Å²) in [5, 5.41) is 14.9. The minimum absolute atomic E-state index is 0.0801. The minimum Gasteiger partial charge on any atom is -0.388 e. The molecule has 0 saturated carbocycles. The Kier molecular flexibility index (Phi) is 6.99. The standard InChI is InChI=1S/C16H22N4O/c1-13(14-7-5-4-6-8-14)19-16(21)15(11-17)12-18-9-10-20(2)3/h4-8,12-13,18H,9-10H2,1-3H3,(H,19,21)/b15-12-. The highest BCUT2D eigenvalue weighted by Gasteiger charge is 2.13. The van der Waals surface area contributed by atoms with Gasteiger partial charge in [-0.2, -0.15) is 5.26 Å². The Labute approximate surface area is 126 Å². The molecule has 0 aliphatic heterocycles. The first kappa shape index (κ1) is 16.7. The first-order valence-corrected chi connectivity index (χ1v) is 6.88. The number of hydrogen-bond acceptors (Lipinski definition) is 4. The van der Waals surface area contributed by atoms with Gasteiger partial charge in [-0.15, -0.1) is 0 Å². The van der Waals surface area contributed by atoms with Crippen molar-refractivity contribution >= 4 is 5.91 Å². The van der Waals surface area contributed by atoms with E-state index in [1.54, 1.807) is 0 Å². The molecular formula is C16H22N4O. The summed E-state index contributed by atoms with van der Waals surface area (Å²) in [6.07, 6.45) is 1.47. The molecule has 0 heterocycles. The van der Waals surface area contributed by atoms with E-state index in [1.807, 2.05) is 62.3 Å². The van der Waals surface area contributed by atoms with Crippen molar-refractivity contribution in [2.45, 2.75) is 13.0 Å². The Bertz CT molecular complexity index is 517. The van der Waals surface area contributed by atoms with Crippen LogP contribution in [-0.2, 0) is 4.79 Å². The third-order valence-corrected chi connectivity index (χ3v) is 2.96. The second-order valence-electron chi connectivity index (χ2n) is 5.03. The van der Waals surface area contributed by atoms with Crippen molar-refractivity contribution in [2.24, 2.45) is 0 Å². The van der Waals surface area contributed by atoms with Crippen molar-refractivity contribution in [3.8, 4) is 6.07 Å². The fourth-order valence-electron chi connectivity index (χ4n) is 1.71. The van der Waals surface area contributed by atoms with E-state index < -0.39 is 0 Å². The molecule has 5 heteroatoms. The van der Waals surface area contributed by atoms with Crippen LogP contribution in [0.2, 0.25) is 0 Å². The van der Waals surface area contributed by atoms with E-state index in [4.69, 9.17) is 5.26 Å². The molecule has 1 aromatic carbocycles. The molecule has 21 heavy (non-hydrogen) atoms. The summed E-state index contributed by atoms with van der Waals surface area (Å²) in [4.78, 5) is 14.1. The Morgan fingerprint density at radius 3 is 2.62 bits per heavy atom. The topological polar surface area (TPSA) is 68.2 Å². The molecule has 1 aromatic rings. The van der Waals surface area contributed by atoms with Crippen LogP contribution in [0.4, 0.5) is 0 Å². The zero-order valence-electron chi connectivity index (χ0n) is 12.8. The van der Waals surface area contributed by atoms with Crippen LogP contribution < -0.4 is 10.6 Å². The minimum atomic E-state index is -0.369. The second-order valence-corrected chi connectivity index (χ2v) is 5.03. The van der Waals surface area contributed by atoms with E-state index in [2.05, 4.69) is 10.6 Å². The fourth-order valence-corrected chi connectivity index (χ4v) is 1.71. The molecule has 1 rings (SSSR count). The van der Waals surface area contributed by atoms with Crippen LogP contribution in [0.15, 0.2) is 42.1 Å². The zero-order chi connectivity index (χ0) is 15.7. The SMILES string of the molecule is CC(NC(=O)/C(C#N)=C\NCCN(C)C)c1ccccc1. The van der Waals surface area contributed by atoms with Crippen molar-refractivity contribution in [2.75, 3.05) is 27.2 Å². The lowest BCUT2D eigenvalue weighted by molar-refractivity contribution is -0.117. The Morgan fingerprint density at radius 1 is 1.38 bits per heavy atom.